The number of carbonyl (C=O) groups is 2. The van der Waals surface area contributed by atoms with Crippen LogP contribution < -0.4 is 0 Å². The summed E-state index contributed by atoms with van der Waals surface area (Å²) in [6.07, 6.45) is 0.577. The van der Waals surface area contributed by atoms with Crippen molar-refractivity contribution in [2.24, 2.45) is 0 Å². The molecule has 0 unspecified atom stereocenters. The maximum absolute atomic E-state index is 10.6. The molecule has 0 aromatic rings. The second-order valence-corrected chi connectivity index (χ2v) is 9.77. The molecule has 0 aliphatic carbocycles. The maximum atomic E-state index is 10.6. The van der Waals surface area contributed by atoms with Crippen molar-refractivity contribution in [1.82, 2.24) is 0 Å². The Balaban J connectivity index is 0. The second-order valence-electron chi connectivity index (χ2n) is 5.05. The van der Waals surface area contributed by atoms with Gasteiger partial charge in [0.15, 0.2) is 9.76 Å². The monoisotopic (exact) mass is 294 g/mol. The van der Waals surface area contributed by atoms with Crippen molar-refractivity contribution in [2.45, 2.75) is 52.0 Å². The van der Waals surface area contributed by atoms with E-state index in [1.165, 1.54) is 0 Å². The Bertz CT molecular complexity index is 238. The third-order valence-electron chi connectivity index (χ3n) is 1.65. The summed E-state index contributed by atoms with van der Waals surface area (Å²) in [7, 11) is 0.753. The lowest BCUT2D eigenvalue weighted by Crippen LogP contribution is -2.10. The number of carboxylic acids is 1. The van der Waals surface area contributed by atoms with Crippen LogP contribution in [0.15, 0.2) is 0 Å². The van der Waals surface area contributed by atoms with Crippen molar-refractivity contribution in [3.8, 4) is 0 Å². The highest BCUT2D eigenvalue weighted by Gasteiger charge is 2.08. The van der Waals surface area contributed by atoms with Gasteiger partial charge in [-0.3, -0.25) is 9.59 Å². The minimum atomic E-state index is -0.880. The minimum absolute atomic E-state index is 0.0266. The van der Waals surface area contributed by atoms with E-state index in [-0.39, 0.29) is 28.6 Å². The third kappa shape index (κ3) is 20.7. The molecule has 0 saturated heterocycles. The van der Waals surface area contributed by atoms with E-state index < -0.39 is 5.97 Å². The van der Waals surface area contributed by atoms with E-state index in [1.807, 2.05) is 0 Å². The molecule has 0 atom stereocenters. The van der Waals surface area contributed by atoms with Gasteiger partial charge in [-0.05, 0) is 18.4 Å². The van der Waals surface area contributed by atoms with Gasteiger partial charge in [-0.1, -0.05) is 20.8 Å². The fourth-order valence-corrected chi connectivity index (χ4v) is 4.51. The fourth-order valence-electron chi connectivity index (χ4n) is 1.05. The van der Waals surface area contributed by atoms with Gasteiger partial charge in [-0.2, -0.15) is 0 Å². The topological polar surface area (TPSA) is 72.8 Å². The van der Waals surface area contributed by atoms with Crippen molar-refractivity contribution in [3.05, 3.63) is 0 Å². The van der Waals surface area contributed by atoms with Crippen LogP contribution >= 0.6 is 0 Å². The zero-order valence-corrected chi connectivity index (χ0v) is 15.5. The predicted molar refractivity (Wildman–Crippen MR) is 77.4 cm³/mol. The molecule has 5 nitrogen and oxygen atoms in total. The summed E-state index contributed by atoms with van der Waals surface area (Å²) in [5, 5.41) is 8.71. The summed E-state index contributed by atoms with van der Waals surface area (Å²) >= 11 is 0. The molecule has 0 aromatic heterocycles. The van der Waals surface area contributed by atoms with E-state index in [0.717, 1.165) is 10.5 Å². The number of esters is 1. The summed E-state index contributed by atoms with van der Waals surface area (Å²) in [6, 6.07) is 0. The molecule has 0 bridgehead atoms. The molecule has 0 aliphatic heterocycles. The summed E-state index contributed by atoms with van der Waals surface area (Å²) < 4.78 is 9.78. The third-order valence-corrected chi connectivity index (χ3v) is 3.67. The van der Waals surface area contributed by atoms with Crippen molar-refractivity contribution in [1.29, 1.82) is 0 Å². The number of rotatable bonds is 6. The zero-order valence-electron chi connectivity index (χ0n) is 12.1. The number of aliphatic carboxylic acids is 1. The van der Waals surface area contributed by atoms with Crippen LogP contribution in [-0.4, -0.2) is 43.9 Å². The van der Waals surface area contributed by atoms with Gasteiger partial charge in [-0.15, -0.1) is 0 Å². The average Bonchev–Trinajstić information content (AvgIpc) is 2.16. The molecule has 1 N–H and O–H groups in total. The molecule has 0 radical (unpaired) electrons. The lowest BCUT2D eigenvalue weighted by Gasteiger charge is -2.14. The molecule has 0 heterocycles. The molecular weight excluding hydrogens is 268 g/mol. The highest BCUT2D eigenvalue weighted by Crippen LogP contribution is 2.18. The normalized spacial score (nSPS) is 11.1. The first kappa shape index (κ1) is 19.7. The molecule has 0 fully saturated rings. The number of hydrogen-bond donors (Lipinski definition) is 1. The van der Waals surface area contributed by atoms with E-state index >= 15 is 0 Å². The Hall–Kier alpha value is -0.666. The summed E-state index contributed by atoms with van der Waals surface area (Å²) in [4.78, 5) is 20.6. The SMILES string of the molecule is CC(C)(C)[SiH2]O[SiH3].CCOC(=O)CCCC(=O)O. The van der Waals surface area contributed by atoms with Crippen LogP contribution in [0.1, 0.15) is 47.0 Å². The van der Waals surface area contributed by atoms with Crippen LogP contribution in [0.4, 0.5) is 0 Å². The van der Waals surface area contributed by atoms with Crippen molar-refractivity contribution in [2.75, 3.05) is 6.61 Å². The summed E-state index contributed by atoms with van der Waals surface area (Å²) in [6.45, 7) is 8.77. The van der Waals surface area contributed by atoms with Gasteiger partial charge in [0.2, 0.25) is 0 Å². The standard InChI is InChI=1S/C7H12O4.C4H14OSi2/c1-2-11-7(10)5-3-4-6(8)9;1-4(2,3)7-5-6/h2-5H2,1H3,(H,8,9);7H2,1-3,6H3. The van der Waals surface area contributed by atoms with Gasteiger partial charge in [-0.25, -0.2) is 0 Å². The lowest BCUT2D eigenvalue weighted by molar-refractivity contribution is -0.143. The second kappa shape index (κ2) is 11.4. The van der Waals surface area contributed by atoms with Crippen molar-refractivity contribution >= 4 is 32.2 Å². The Labute approximate surface area is 115 Å². The highest BCUT2D eigenvalue weighted by molar-refractivity contribution is 6.37. The van der Waals surface area contributed by atoms with Crippen LogP contribution in [-0.2, 0) is 18.4 Å². The number of carbonyl (C=O) groups excluding carboxylic acids is 1. The van der Waals surface area contributed by atoms with Gasteiger partial charge in [0, 0.05) is 12.8 Å². The highest BCUT2D eigenvalue weighted by atomic mass is 28.3. The Morgan fingerprint density at radius 1 is 1.28 bits per heavy atom. The lowest BCUT2D eigenvalue weighted by atomic mass is 10.2. The van der Waals surface area contributed by atoms with Gasteiger partial charge < -0.3 is 14.0 Å². The minimum Gasteiger partial charge on any atom is -0.481 e. The number of ether oxygens (including phenoxy) is 1. The van der Waals surface area contributed by atoms with Gasteiger partial charge in [0.1, 0.15) is 10.5 Å². The van der Waals surface area contributed by atoms with Crippen LogP contribution in [0.2, 0.25) is 5.04 Å². The smallest absolute Gasteiger partial charge is 0.305 e. The molecule has 108 valence electrons. The van der Waals surface area contributed by atoms with E-state index in [1.54, 1.807) is 6.92 Å². The zero-order chi connectivity index (χ0) is 14.6. The largest absolute Gasteiger partial charge is 0.481 e. The van der Waals surface area contributed by atoms with E-state index in [0.29, 0.717) is 18.1 Å². The van der Waals surface area contributed by atoms with Crippen molar-refractivity contribution < 1.29 is 23.5 Å². The number of carboxylic acid groups (broad SMARTS) is 1. The van der Waals surface area contributed by atoms with E-state index in [2.05, 4.69) is 25.5 Å². The molecule has 0 spiro atoms. The first-order valence-electron chi connectivity index (χ1n) is 6.09. The molecule has 18 heavy (non-hydrogen) atoms. The molecular formula is C11H26O5Si2. The van der Waals surface area contributed by atoms with Crippen LogP contribution in [0.5, 0.6) is 0 Å². The predicted octanol–water partition coefficient (Wildman–Crippen LogP) is 0.390. The average molecular weight is 294 g/mol. The maximum Gasteiger partial charge on any atom is 0.305 e. The Morgan fingerprint density at radius 2 is 1.83 bits per heavy atom. The Kier molecular flexibility index (Phi) is 12.5. The molecule has 0 aliphatic rings. The van der Waals surface area contributed by atoms with E-state index in [9.17, 15) is 9.59 Å². The molecule has 7 heteroatoms. The van der Waals surface area contributed by atoms with Gasteiger partial charge >= 0.3 is 11.9 Å². The molecule has 0 saturated carbocycles. The van der Waals surface area contributed by atoms with Crippen LogP contribution in [0, 0.1) is 0 Å². The quantitative estimate of drug-likeness (QED) is 0.567. The van der Waals surface area contributed by atoms with E-state index in [4.69, 9.17) is 9.22 Å². The summed E-state index contributed by atoms with van der Waals surface area (Å²) in [5.41, 5.74) is 0. The van der Waals surface area contributed by atoms with Crippen molar-refractivity contribution in [3.63, 3.8) is 0 Å². The van der Waals surface area contributed by atoms with Gasteiger partial charge in [0.25, 0.3) is 0 Å². The number of hydrogen-bond acceptors (Lipinski definition) is 4. The van der Waals surface area contributed by atoms with Crippen LogP contribution in [0.3, 0.4) is 0 Å². The first-order valence-corrected chi connectivity index (χ1v) is 8.19. The summed E-state index contributed by atoms with van der Waals surface area (Å²) in [5.74, 6) is -1.21. The first-order chi connectivity index (χ1) is 8.22. The van der Waals surface area contributed by atoms with Crippen LogP contribution in [0.25, 0.3) is 0 Å². The van der Waals surface area contributed by atoms with Gasteiger partial charge in [0.05, 0.1) is 6.61 Å². The molecule has 0 aromatic carbocycles. The molecule has 0 rings (SSSR count). The fraction of sp³-hybridized carbons (Fsp3) is 0.818. The molecule has 0 amide bonds. The Morgan fingerprint density at radius 3 is 2.11 bits per heavy atom.